The maximum absolute atomic E-state index is 12.4. The predicted octanol–water partition coefficient (Wildman–Crippen LogP) is 3.83. The van der Waals surface area contributed by atoms with Crippen LogP contribution in [0.2, 0.25) is 10.0 Å². The largest absolute Gasteiger partial charge is 0.471 e. The number of nitrogens with one attached hydrogen (secondary N) is 2. The summed E-state index contributed by atoms with van der Waals surface area (Å²) in [7, 11) is 1.15. The number of carbonyl (C=O) groups is 1. The highest BCUT2D eigenvalue weighted by molar-refractivity contribution is 6.39. The molecule has 0 unspecified atom stereocenters. The molecule has 0 saturated carbocycles. The molecule has 12 heteroatoms. The first-order valence-corrected chi connectivity index (χ1v) is 8.10. The van der Waals surface area contributed by atoms with Crippen molar-refractivity contribution in [2.75, 3.05) is 19.0 Å². The van der Waals surface area contributed by atoms with E-state index in [1.54, 1.807) is 0 Å². The summed E-state index contributed by atoms with van der Waals surface area (Å²) in [5.41, 5.74) is 0.690. The molecule has 0 saturated heterocycles. The van der Waals surface area contributed by atoms with Crippen molar-refractivity contribution in [2.24, 2.45) is 0 Å². The SMILES string of the molecule is COC(=O)c1cc2[nH]c(Nc3c(Cl)cncc3Cl)nc2nc1OCC(F)F. The highest BCUT2D eigenvalue weighted by Gasteiger charge is 2.20. The summed E-state index contributed by atoms with van der Waals surface area (Å²) in [4.78, 5) is 26.8. The van der Waals surface area contributed by atoms with E-state index in [-0.39, 0.29) is 33.1 Å². The second-order valence-corrected chi connectivity index (χ2v) is 5.91. The summed E-state index contributed by atoms with van der Waals surface area (Å²) in [6.07, 6.45) is 0.0466. The van der Waals surface area contributed by atoms with Crippen molar-refractivity contribution >= 4 is 52.0 Å². The Bertz CT molecular complexity index is 979. The van der Waals surface area contributed by atoms with E-state index in [0.29, 0.717) is 11.2 Å². The van der Waals surface area contributed by atoms with E-state index in [4.69, 9.17) is 27.9 Å². The van der Waals surface area contributed by atoms with Crippen molar-refractivity contribution in [2.45, 2.75) is 6.43 Å². The molecule has 0 aliphatic rings. The summed E-state index contributed by atoms with van der Waals surface area (Å²) in [5.74, 6) is -0.903. The van der Waals surface area contributed by atoms with Crippen molar-refractivity contribution in [3.8, 4) is 5.88 Å². The quantitative estimate of drug-likeness (QED) is 0.587. The molecular formula is C15H11Cl2F2N5O3. The molecule has 3 aromatic heterocycles. The Morgan fingerprint density at radius 2 is 2.00 bits per heavy atom. The molecule has 0 aliphatic heterocycles. The number of nitrogens with zero attached hydrogens (tertiary/aromatic N) is 3. The van der Waals surface area contributed by atoms with Gasteiger partial charge in [-0.2, -0.15) is 9.97 Å². The standard InChI is InChI=1S/C15H11Cl2F2N5O3/c1-26-14(25)6-2-9-12(23-13(6)27-5-10(18)19)24-15(21-9)22-11-7(16)3-20-4-8(11)17/h2-4,10H,5H2,1H3,(H2,20,21,22,23,24). The molecule has 0 aromatic carbocycles. The Hall–Kier alpha value is -2.72. The maximum Gasteiger partial charge on any atom is 0.343 e. The number of hydrogen-bond donors (Lipinski definition) is 2. The number of esters is 1. The van der Waals surface area contributed by atoms with Gasteiger partial charge in [-0.3, -0.25) is 4.98 Å². The van der Waals surface area contributed by atoms with E-state index in [0.717, 1.165) is 7.11 Å². The average molecular weight is 418 g/mol. The smallest absolute Gasteiger partial charge is 0.343 e. The zero-order chi connectivity index (χ0) is 19.6. The van der Waals surface area contributed by atoms with Gasteiger partial charge >= 0.3 is 5.97 Å². The Kier molecular flexibility index (Phi) is 5.57. The number of alkyl halides is 2. The number of imidazole rings is 1. The molecule has 2 N–H and O–H groups in total. The fourth-order valence-corrected chi connectivity index (χ4v) is 2.60. The molecule has 0 amide bonds. The number of H-pyrrole nitrogens is 1. The summed E-state index contributed by atoms with van der Waals surface area (Å²) in [6.45, 7) is -0.930. The van der Waals surface area contributed by atoms with Gasteiger partial charge in [0.2, 0.25) is 11.8 Å². The number of carbonyl (C=O) groups excluding carboxylic acids is 1. The van der Waals surface area contributed by atoms with Crippen molar-refractivity contribution in [1.29, 1.82) is 0 Å². The van der Waals surface area contributed by atoms with Crippen LogP contribution >= 0.6 is 23.2 Å². The summed E-state index contributed by atoms with van der Waals surface area (Å²) in [6, 6.07) is 1.34. The zero-order valence-corrected chi connectivity index (χ0v) is 15.1. The number of fused-ring (bicyclic) bond motifs is 1. The molecule has 0 spiro atoms. The molecule has 0 radical (unpaired) electrons. The number of hydrogen-bond acceptors (Lipinski definition) is 7. The fourth-order valence-electron chi connectivity index (χ4n) is 2.14. The highest BCUT2D eigenvalue weighted by Crippen LogP contribution is 2.31. The van der Waals surface area contributed by atoms with Gasteiger partial charge in [-0.15, -0.1) is 0 Å². The number of aromatic amines is 1. The van der Waals surface area contributed by atoms with Crippen LogP contribution in [0.5, 0.6) is 5.88 Å². The Morgan fingerprint density at radius 3 is 2.63 bits per heavy atom. The van der Waals surface area contributed by atoms with Gasteiger partial charge in [-0.05, 0) is 6.07 Å². The van der Waals surface area contributed by atoms with Gasteiger partial charge in [-0.1, -0.05) is 23.2 Å². The number of ether oxygens (including phenoxy) is 2. The third-order valence-corrected chi connectivity index (χ3v) is 3.86. The van der Waals surface area contributed by atoms with Crippen LogP contribution in [0.4, 0.5) is 20.4 Å². The van der Waals surface area contributed by atoms with Gasteiger partial charge in [0.15, 0.2) is 12.3 Å². The molecule has 27 heavy (non-hydrogen) atoms. The first-order chi connectivity index (χ1) is 12.9. The number of halogens is 4. The monoisotopic (exact) mass is 417 g/mol. The highest BCUT2D eigenvalue weighted by atomic mass is 35.5. The van der Waals surface area contributed by atoms with Gasteiger partial charge in [0, 0.05) is 12.4 Å². The van der Waals surface area contributed by atoms with Crippen LogP contribution < -0.4 is 10.1 Å². The van der Waals surface area contributed by atoms with Crippen molar-refractivity contribution in [3.63, 3.8) is 0 Å². The molecule has 3 heterocycles. The minimum atomic E-state index is -2.74. The summed E-state index contributed by atoms with van der Waals surface area (Å²) in [5, 5.41) is 3.39. The number of pyridine rings is 2. The summed E-state index contributed by atoms with van der Waals surface area (Å²) < 4.78 is 34.4. The number of aromatic nitrogens is 4. The molecule has 0 bridgehead atoms. The lowest BCUT2D eigenvalue weighted by Gasteiger charge is -2.08. The van der Waals surface area contributed by atoms with Crippen LogP contribution in [0.3, 0.4) is 0 Å². The lowest BCUT2D eigenvalue weighted by molar-refractivity contribution is 0.0574. The molecule has 0 atom stereocenters. The molecule has 0 fully saturated rings. The second-order valence-electron chi connectivity index (χ2n) is 5.09. The first-order valence-electron chi connectivity index (χ1n) is 7.35. The van der Waals surface area contributed by atoms with Crippen LogP contribution in [0.15, 0.2) is 18.5 Å². The Balaban J connectivity index is 2.00. The number of rotatable bonds is 6. The molecule has 3 aromatic rings. The predicted molar refractivity (Wildman–Crippen MR) is 94.3 cm³/mol. The van der Waals surface area contributed by atoms with Crippen molar-refractivity contribution in [3.05, 3.63) is 34.1 Å². The van der Waals surface area contributed by atoms with E-state index in [1.807, 2.05) is 0 Å². The third-order valence-electron chi connectivity index (χ3n) is 3.29. The van der Waals surface area contributed by atoms with Crippen molar-refractivity contribution in [1.82, 2.24) is 19.9 Å². The van der Waals surface area contributed by atoms with E-state index in [9.17, 15) is 13.6 Å². The van der Waals surface area contributed by atoms with Gasteiger partial charge in [0.05, 0.1) is 28.4 Å². The number of methoxy groups -OCH3 is 1. The zero-order valence-electron chi connectivity index (χ0n) is 13.6. The molecule has 0 aliphatic carbocycles. The van der Waals surface area contributed by atoms with E-state index in [1.165, 1.54) is 18.5 Å². The minimum Gasteiger partial charge on any atom is -0.471 e. The molecule has 142 valence electrons. The lowest BCUT2D eigenvalue weighted by Crippen LogP contribution is -2.12. The van der Waals surface area contributed by atoms with E-state index < -0.39 is 19.0 Å². The topological polar surface area (TPSA) is 102 Å². The third kappa shape index (κ3) is 4.17. The normalized spacial score (nSPS) is 11.0. The second kappa shape index (κ2) is 7.89. The van der Waals surface area contributed by atoms with Crippen LogP contribution in [-0.2, 0) is 4.74 Å². The van der Waals surface area contributed by atoms with Crippen LogP contribution in [0.1, 0.15) is 10.4 Å². The lowest BCUT2D eigenvalue weighted by atomic mass is 10.2. The minimum absolute atomic E-state index is 0.121. The van der Waals surface area contributed by atoms with Gasteiger partial charge in [0.1, 0.15) is 5.56 Å². The van der Waals surface area contributed by atoms with Gasteiger partial charge < -0.3 is 19.8 Å². The molecule has 3 rings (SSSR count). The average Bonchev–Trinajstić information content (AvgIpc) is 3.03. The van der Waals surface area contributed by atoms with Crippen LogP contribution in [0, 0.1) is 0 Å². The van der Waals surface area contributed by atoms with Gasteiger partial charge in [0.25, 0.3) is 6.43 Å². The first kappa shape index (κ1) is 19.1. The van der Waals surface area contributed by atoms with Crippen LogP contribution in [0.25, 0.3) is 11.2 Å². The van der Waals surface area contributed by atoms with Crippen molar-refractivity contribution < 1.29 is 23.0 Å². The number of anilines is 2. The Morgan fingerprint density at radius 1 is 1.30 bits per heavy atom. The van der Waals surface area contributed by atoms with Gasteiger partial charge in [-0.25, -0.2) is 13.6 Å². The Labute approximate surface area is 160 Å². The fraction of sp³-hybridized carbons (Fsp3) is 0.200. The van der Waals surface area contributed by atoms with E-state index >= 15 is 0 Å². The van der Waals surface area contributed by atoms with Crippen LogP contribution in [-0.4, -0.2) is 46.0 Å². The molecule has 8 nitrogen and oxygen atoms in total. The van der Waals surface area contributed by atoms with E-state index in [2.05, 4.69) is 30.0 Å². The maximum atomic E-state index is 12.4. The molecular weight excluding hydrogens is 407 g/mol. The summed E-state index contributed by atoms with van der Waals surface area (Å²) >= 11 is 12.1.